The molecule has 0 saturated carbocycles. The summed E-state index contributed by atoms with van der Waals surface area (Å²) in [7, 11) is 0. The number of aromatic carboxylic acids is 1. The van der Waals surface area contributed by atoms with E-state index < -0.39 is 23.9 Å². The van der Waals surface area contributed by atoms with Crippen LogP contribution in [0.5, 0.6) is 0 Å². The van der Waals surface area contributed by atoms with E-state index in [4.69, 9.17) is 9.47 Å². The van der Waals surface area contributed by atoms with Crippen molar-refractivity contribution in [1.82, 2.24) is 0 Å². The molecular formula is C26H30O7. The predicted octanol–water partition coefficient (Wildman–Crippen LogP) is 5.54. The molecule has 2 aromatic carbocycles. The largest absolute Gasteiger partial charge is 0.478 e. The van der Waals surface area contributed by atoms with E-state index >= 15 is 0 Å². The number of carboxylic acids is 1. The van der Waals surface area contributed by atoms with E-state index in [1.807, 2.05) is 0 Å². The van der Waals surface area contributed by atoms with Gasteiger partial charge in [-0.25, -0.2) is 19.2 Å². The van der Waals surface area contributed by atoms with Gasteiger partial charge in [0.05, 0.1) is 28.9 Å². The molecule has 176 valence electrons. The Bertz CT molecular complexity index is 978. The van der Waals surface area contributed by atoms with Gasteiger partial charge in [0.2, 0.25) is 0 Å². The van der Waals surface area contributed by atoms with Crippen molar-refractivity contribution in [2.45, 2.75) is 52.4 Å². The molecule has 0 heterocycles. The van der Waals surface area contributed by atoms with Crippen LogP contribution in [0.2, 0.25) is 0 Å². The maximum Gasteiger partial charge on any atom is 0.346 e. The molecule has 0 aromatic heterocycles. The summed E-state index contributed by atoms with van der Waals surface area (Å²) in [5, 5.41) is 9.21. The molecule has 2 aromatic rings. The third-order valence-electron chi connectivity index (χ3n) is 5.09. The van der Waals surface area contributed by atoms with Crippen molar-refractivity contribution in [3.8, 4) is 0 Å². The second kappa shape index (κ2) is 13.2. The van der Waals surface area contributed by atoms with Gasteiger partial charge in [0.25, 0.3) is 0 Å². The van der Waals surface area contributed by atoms with Crippen LogP contribution in [-0.2, 0) is 9.47 Å². The van der Waals surface area contributed by atoms with Crippen molar-refractivity contribution in [2.75, 3.05) is 6.61 Å². The molecule has 0 aliphatic carbocycles. The van der Waals surface area contributed by atoms with Gasteiger partial charge in [0.15, 0.2) is 0 Å². The number of ether oxygens (including phenoxy) is 2. The number of unbranched alkanes of at least 4 members (excludes halogenated alkanes) is 4. The number of carboxylic acid groups (broad SMARTS) is 1. The molecule has 0 atom stereocenters. The average molecular weight is 455 g/mol. The molecular weight excluding hydrogens is 424 g/mol. The van der Waals surface area contributed by atoms with Gasteiger partial charge in [-0.3, -0.25) is 0 Å². The van der Waals surface area contributed by atoms with E-state index in [9.17, 15) is 24.3 Å². The fourth-order valence-electron chi connectivity index (χ4n) is 3.31. The van der Waals surface area contributed by atoms with Gasteiger partial charge < -0.3 is 14.6 Å². The highest BCUT2D eigenvalue weighted by Gasteiger charge is 2.24. The standard InChI is InChI=1S/C26H30O7/c1-18(2)12-6-4-3-5-11-17-32-24(29)21-15-9-10-16-22(21)26(31)33-25(30)20-14-8-7-13-19(20)23(27)28/h7-10,13-16,18H,3-6,11-12,17H2,1-2H3,(H,27,28). The van der Waals surface area contributed by atoms with Crippen molar-refractivity contribution in [3.63, 3.8) is 0 Å². The zero-order valence-electron chi connectivity index (χ0n) is 19.0. The smallest absolute Gasteiger partial charge is 0.346 e. The van der Waals surface area contributed by atoms with Gasteiger partial charge in [0.1, 0.15) is 0 Å². The minimum atomic E-state index is -1.32. The van der Waals surface area contributed by atoms with Gasteiger partial charge in [-0.1, -0.05) is 70.2 Å². The molecule has 0 fully saturated rings. The molecule has 0 amide bonds. The van der Waals surface area contributed by atoms with Crippen molar-refractivity contribution in [1.29, 1.82) is 0 Å². The summed E-state index contributed by atoms with van der Waals surface area (Å²) in [6.07, 6.45) is 6.32. The van der Waals surface area contributed by atoms with Crippen LogP contribution in [0.3, 0.4) is 0 Å². The Kier molecular flexibility index (Phi) is 10.3. The second-order valence-corrected chi connectivity index (χ2v) is 8.16. The van der Waals surface area contributed by atoms with Crippen molar-refractivity contribution >= 4 is 23.9 Å². The lowest BCUT2D eigenvalue weighted by Gasteiger charge is -2.10. The van der Waals surface area contributed by atoms with Gasteiger partial charge in [-0.2, -0.15) is 0 Å². The summed E-state index contributed by atoms with van der Waals surface area (Å²) in [6, 6.07) is 11.3. The SMILES string of the molecule is CC(C)CCCCCCCOC(=O)c1ccccc1C(=O)OC(=O)c1ccccc1C(=O)O. The number of hydrogen-bond donors (Lipinski definition) is 1. The molecule has 0 aliphatic heterocycles. The first-order chi connectivity index (χ1) is 15.8. The zero-order chi connectivity index (χ0) is 24.2. The maximum absolute atomic E-state index is 12.6. The summed E-state index contributed by atoms with van der Waals surface area (Å²) >= 11 is 0. The van der Waals surface area contributed by atoms with E-state index in [-0.39, 0.29) is 28.9 Å². The van der Waals surface area contributed by atoms with Crippen molar-refractivity contribution in [2.24, 2.45) is 5.92 Å². The molecule has 0 radical (unpaired) electrons. The minimum absolute atomic E-state index is 0.0150. The summed E-state index contributed by atoms with van der Waals surface area (Å²) < 4.78 is 10.1. The van der Waals surface area contributed by atoms with Crippen LogP contribution < -0.4 is 0 Å². The Labute approximate surface area is 193 Å². The first kappa shape index (κ1) is 25.8. The lowest BCUT2D eigenvalue weighted by Crippen LogP contribution is -2.19. The Balaban J connectivity index is 1.92. The third kappa shape index (κ3) is 8.18. The maximum atomic E-state index is 12.6. The normalized spacial score (nSPS) is 10.6. The number of benzene rings is 2. The molecule has 7 heteroatoms. The summed E-state index contributed by atoms with van der Waals surface area (Å²) in [6.45, 7) is 4.65. The van der Waals surface area contributed by atoms with E-state index in [0.717, 1.165) is 25.7 Å². The number of hydrogen-bond acceptors (Lipinski definition) is 6. The highest BCUT2D eigenvalue weighted by atomic mass is 16.6. The molecule has 7 nitrogen and oxygen atoms in total. The summed E-state index contributed by atoms with van der Waals surface area (Å²) in [4.78, 5) is 48.7. The van der Waals surface area contributed by atoms with Crippen LogP contribution in [-0.4, -0.2) is 35.6 Å². The van der Waals surface area contributed by atoms with Gasteiger partial charge in [-0.05, 0) is 36.6 Å². The monoisotopic (exact) mass is 454 g/mol. The first-order valence-corrected chi connectivity index (χ1v) is 11.2. The van der Waals surface area contributed by atoms with Gasteiger partial charge in [-0.15, -0.1) is 0 Å². The lowest BCUT2D eigenvalue weighted by atomic mass is 10.0. The van der Waals surface area contributed by atoms with E-state index in [0.29, 0.717) is 5.92 Å². The Morgan fingerprint density at radius 3 is 1.70 bits per heavy atom. The van der Waals surface area contributed by atoms with Crippen LogP contribution in [0.4, 0.5) is 0 Å². The number of carbonyl (C=O) groups excluding carboxylic acids is 3. The zero-order valence-corrected chi connectivity index (χ0v) is 19.0. The molecule has 1 N–H and O–H groups in total. The highest BCUT2D eigenvalue weighted by Crippen LogP contribution is 2.16. The summed E-state index contributed by atoms with van der Waals surface area (Å²) in [5.41, 5.74) is -0.685. The lowest BCUT2D eigenvalue weighted by molar-refractivity contribution is 0.0378. The molecule has 2 rings (SSSR count). The Hall–Kier alpha value is -3.48. The van der Waals surface area contributed by atoms with Crippen LogP contribution in [0, 0.1) is 5.92 Å². The van der Waals surface area contributed by atoms with Gasteiger partial charge >= 0.3 is 23.9 Å². The molecule has 0 saturated heterocycles. The highest BCUT2D eigenvalue weighted by molar-refractivity contribution is 6.10. The van der Waals surface area contributed by atoms with Gasteiger partial charge in [0, 0.05) is 0 Å². The fraction of sp³-hybridized carbons (Fsp3) is 0.385. The fourth-order valence-corrected chi connectivity index (χ4v) is 3.31. The molecule has 0 aliphatic rings. The van der Waals surface area contributed by atoms with Crippen LogP contribution >= 0.6 is 0 Å². The van der Waals surface area contributed by atoms with Crippen LogP contribution in [0.15, 0.2) is 48.5 Å². The topological polar surface area (TPSA) is 107 Å². The quantitative estimate of drug-likeness (QED) is 0.255. The Morgan fingerprint density at radius 2 is 1.15 bits per heavy atom. The molecule has 0 bridgehead atoms. The second-order valence-electron chi connectivity index (χ2n) is 8.16. The number of esters is 3. The first-order valence-electron chi connectivity index (χ1n) is 11.2. The van der Waals surface area contributed by atoms with Crippen LogP contribution in [0.1, 0.15) is 93.8 Å². The van der Waals surface area contributed by atoms with E-state index in [1.165, 1.54) is 55.3 Å². The van der Waals surface area contributed by atoms with Crippen LogP contribution in [0.25, 0.3) is 0 Å². The average Bonchev–Trinajstić information content (AvgIpc) is 2.80. The number of rotatable bonds is 12. The predicted molar refractivity (Wildman–Crippen MR) is 122 cm³/mol. The summed E-state index contributed by atoms with van der Waals surface area (Å²) in [5.74, 6) is -3.46. The number of carbonyl (C=O) groups is 4. The van der Waals surface area contributed by atoms with Crippen molar-refractivity contribution < 1.29 is 33.8 Å². The Morgan fingerprint density at radius 1 is 0.697 bits per heavy atom. The third-order valence-corrected chi connectivity index (χ3v) is 5.09. The minimum Gasteiger partial charge on any atom is -0.478 e. The van der Waals surface area contributed by atoms with Crippen molar-refractivity contribution in [3.05, 3.63) is 70.8 Å². The van der Waals surface area contributed by atoms with E-state index in [1.54, 1.807) is 6.07 Å². The molecule has 33 heavy (non-hydrogen) atoms. The molecule has 0 spiro atoms. The van der Waals surface area contributed by atoms with E-state index in [2.05, 4.69) is 13.8 Å². The molecule has 0 unspecified atom stereocenters.